The molecular weight excluding hydrogens is 642 g/mol. The number of nitrogens with zero attached hydrogens (tertiary/aromatic N) is 3. The van der Waals surface area contributed by atoms with E-state index in [2.05, 4.69) is 11.1 Å². The summed E-state index contributed by atoms with van der Waals surface area (Å²) < 4.78 is 30.4. The van der Waals surface area contributed by atoms with E-state index in [4.69, 9.17) is 40.5 Å². The minimum absolute atomic E-state index is 0.198. The number of aromatic nitrogens is 1. The molecule has 0 saturated carbocycles. The first-order valence-electron chi connectivity index (χ1n) is 14.9. The van der Waals surface area contributed by atoms with Gasteiger partial charge in [-0.05, 0) is 79.9 Å². The smallest absolute Gasteiger partial charge is 0.337 e. The van der Waals surface area contributed by atoms with Crippen LogP contribution in [0.2, 0.25) is 5.02 Å². The Labute approximate surface area is 280 Å². The molecule has 0 aliphatic carbocycles. The zero-order chi connectivity index (χ0) is 33.5. The van der Waals surface area contributed by atoms with E-state index in [1.165, 1.54) is 29.2 Å². The summed E-state index contributed by atoms with van der Waals surface area (Å²) in [5, 5.41) is 9.35. The molecule has 4 aromatic rings. The van der Waals surface area contributed by atoms with Crippen LogP contribution >= 0.6 is 22.9 Å². The van der Waals surface area contributed by atoms with E-state index >= 15 is 0 Å². The Balaban J connectivity index is 1.56. The molecule has 3 aromatic carbocycles. The minimum Gasteiger partial charge on any atom is -0.490 e. The van der Waals surface area contributed by atoms with Gasteiger partial charge < -0.3 is 23.7 Å². The topological polar surface area (TPSA) is 121 Å². The zero-order valence-corrected chi connectivity index (χ0v) is 27.8. The summed E-state index contributed by atoms with van der Waals surface area (Å²) >= 11 is 7.87. The number of hydrogen-bond donors (Lipinski definition) is 0. The van der Waals surface area contributed by atoms with Gasteiger partial charge in [0.1, 0.15) is 6.61 Å². The predicted octanol–water partition coefficient (Wildman–Crippen LogP) is 5.32. The number of ether oxygens (including phenoxy) is 5. The van der Waals surface area contributed by atoms with Gasteiger partial charge in [-0.2, -0.15) is 5.26 Å². The SMILES string of the molecule is CCOc1ccc([C@H]2C(C(=O)OC)=CN=c3s/c(=C/c4cc(Cl)c(OCc5ccc(C#N)cc5)c(OCC)c4)c(=O)n32)cc1OCC. The highest BCUT2D eigenvalue weighted by Gasteiger charge is 2.31. The predicted molar refractivity (Wildman–Crippen MR) is 178 cm³/mol. The molecule has 10 nitrogen and oxygen atoms in total. The van der Waals surface area contributed by atoms with E-state index in [1.807, 2.05) is 32.9 Å². The van der Waals surface area contributed by atoms with Crippen molar-refractivity contribution >= 4 is 35.0 Å². The van der Waals surface area contributed by atoms with Gasteiger partial charge in [-0.3, -0.25) is 9.36 Å². The van der Waals surface area contributed by atoms with Crippen molar-refractivity contribution in [2.75, 3.05) is 26.9 Å². The Kier molecular flexibility index (Phi) is 10.7. The minimum atomic E-state index is -0.823. The molecule has 1 aliphatic heterocycles. The van der Waals surface area contributed by atoms with Crippen molar-refractivity contribution in [2.45, 2.75) is 33.4 Å². The van der Waals surface area contributed by atoms with Crippen molar-refractivity contribution in [3.05, 3.63) is 113 Å². The van der Waals surface area contributed by atoms with Gasteiger partial charge in [-0.15, -0.1) is 0 Å². The van der Waals surface area contributed by atoms with Crippen LogP contribution in [0, 0.1) is 11.3 Å². The van der Waals surface area contributed by atoms with Crippen LogP contribution in [0.15, 0.2) is 76.2 Å². The second-order valence-corrected chi connectivity index (χ2v) is 11.5. The van der Waals surface area contributed by atoms with Crippen LogP contribution in [0.1, 0.15) is 49.1 Å². The lowest BCUT2D eigenvalue weighted by molar-refractivity contribution is -0.136. The highest BCUT2D eigenvalue weighted by Crippen LogP contribution is 2.38. The number of fused-ring (bicyclic) bond motifs is 1. The van der Waals surface area contributed by atoms with Crippen LogP contribution in [0.5, 0.6) is 23.0 Å². The van der Waals surface area contributed by atoms with Crippen LogP contribution in [-0.2, 0) is 16.1 Å². The first-order chi connectivity index (χ1) is 22.8. The van der Waals surface area contributed by atoms with E-state index in [-0.39, 0.29) is 17.7 Å². The third-order valence-corrected chi connectivity index (χ3v) is 8.38. The molecule has 0 unspecified atom stereocenters. The lowest BCUT2D eigenvalue weighted by Gasteiger charge is -2.23. The molecule has 12 heteroatoms. The Morgan fingerprint density at radius 2 is 1.68 bits per heavy atom. The first kappa shape index (κ1) is 33.3. The van der Waals surface area contributed by atoms with E-state index in [9.17, 15) is 9.59 Å². The van der Waals surface area contributed by atoms with Gasteiger partial charge in [0.2, 0.25) is 0 Å². The molecule has 47 heavy (non-hydrogen) atoms. The Morgan fingerprint density at radius 1 is 0.979 bits per heavy atom. The summed E-state index contributed by atoms with van der Waals surface area (Å²) in [5.74, 6) is 1.22. The lowest BCUT2D eigenvalue weighted by Crippen LogP contribution is -2.39. The number of carbonyl (C=O) groups excluding carboxylic acids is 1. The fraction of sp³-hybridized carbons (Fsp3) is 0.257. The van der Waals surface area contributed by atoms with Crippen molar-refractivity contribution < 1.29 is 28.5 Å². The van der Waals surface area contributed by atoms with Gasteiger partial charge in [0.05, 0.1) is 59.7 Å². The molecule has 242 valence electrons. The Bertz CT molecular complexity index is 2050. The van der Waals surface area contributed by atoms with Crippen molar-refractivity contribution in [3.8, 4) is 29.1 Å². The molecule has 1 aromatic heterocycles. The normalized spacial score (nSPS) is 13.9. The summed E-state index contributed by atoms with van der Waals surface area (Å²) in [5.41, 5.74) is 2.49. The monoisotopic (exact) mass is 673 g/mol. The van der Waals surface area contributed by atoms with Gasteiger partial charge in [-0.25, -0.2) is 9.79 Å². The molecule has 1 atom stereocenters. The number of methoxy groups -OCH3 is 1. The van der Waals surface area contributed by atoms with Gasteiger partial charge in [-0.1, -0.05) is 41.1 Å². The Morgan fingerprint density at radius 3 is 2.36 bits per heavy atom. The average Bonchev–Trinajstić information content (AvgIpc) is 3.39. The van der Waals surface area contributed by atoms with Gasteiger partial charge in [0.15, 0.2) is 27.8 Å². The number of carbonyl (C=O) groups is 1. The summed E-state index contributed by atoms with van der Waals surface area (Å²) in [6.07, 6.45) is 3.14. The van der Waals surface area contributed by atoms with Crippen molar-refractivity contribution in [1.82, 2.24) is 4.57 Å². The molecule has 1 aliphatic rings. The van der Waals surface area contributed by atoms with Crippen molar-refractivity contribution in [2.24, 2.45) is 4.99 Å². The second kappa shape index (κ2) is 15.0. The zero-order valence-electron chi connectivity index (χ0n) is 26.2. The third-order valence-electron chi connectivity index (χ3n) is 7.10. The number of thiazole rings is 1. The molecule has 0 N–H and O–H groups in total. The number of nitriles is 1. The summed E-state index contributed by atoms with van der Waals surface area (Å²) in [7, 11) is 1.28. The quantitative estimate of drug-likeness (QED) is 0.185. The number of hydrogen-bond acceptors (Lipinski definition) is 10. The summed E-state index contributed by atoms with van der Waals surface area (Å²) in [4.78, 5) is 31.8. The highest BCUT2D eigenvalue weighted by atomic mass is 35.5. The molecule has 0 fully saturated rings. The Hall–Kier alpha value is -5.05. The molecule has 0 saturated heterocycles. The molecule has 2 heterocycles. The van der Waals surface area contributed by atoms with Crippen LogP contribution in [0.3, 0.4) is 0 Å². The number of esters is 1. The molecule has 0 spiro atoms. The van der Waals surface area contributed by atoms with Gasteiger partial charge in [0.25, 0.3) is 5.56 Å². The number of halogens is 1. The van der Waals surface area contributed by atoms with Crippen LogP contribution in [-0.4, -0.2) is 37.5 Å². The van der Waals surface area contributed by atoms with Crippen LogP contribution in [0.25, 0.3) is 6.08 Å². The molecule has 0 amide bonds. The highest BCUT2D eigenvalue weighted by molar-refractivity contribution is 7.07. The number of benzene rings is 3. The molecule has 0 bridgehead atoms. The maximum atomic E-state index is 14.0. The summed E-state index contributed by atoms with van der Waals surface area (Å²) in [6.45, 7) is 7.00. The van der Waals surface area contributed by atoms with E-state index < -0.39 is 12.0 Å². The summed E-state index contributed by atoms with van der Waals surface area (Å²) in [6, 6.07) is 17.1. The fourth-order valence-electron chi connectivity index (χ4n) is 5.04. The molecule has 0 radical (unpaired) electrons. The van der Waals surface area contributed by atoms with Crippen molar-refractivity contribution in [3.63, 3.8) is 0 Å². The molecular formula is C35H32ClN3O7S. The van der Waals surface area contributed by atoms with E-state index in [0.717, 1.165) is 5.56 Å². The van der Waals surface area contributed by atoms with E-state index in [0.29, 0.717) is 73.9 Å². The third kappa shape index (κ3) is 7.19. The maximum absolute atomic E-state index is 14.0. The largest absolute Gasteiger partial charge is 0.490 e. The van der Waals surface area contributed by atoms with Gasteiger partial charge in [0, 0.05) is 6.20 Å². The average molecular weight is 674 g/mol. The first-order valence-corrected chi connectivity index (χ1v) is 16.1. The number of rotatable bonds is 12. The fourth-order valence-corrected chi connectivity index (χ4v) is 6.29. The molecule has 5 rings (SSSR count). The van der Waals surface area contributed by atoms with Gasteiger partial charge >= 0.3 is 5.97 Å². The van der Waals surface area contributed by atoms with Crippen molar-refractivity contribution in [1.29, 1.82) is 5.26 Å². The standard InChI is InChI=1S/C35H32ClN3O7S/c1-5-43-27-13-12-24(17-28(27)44-6-2)31-25(34(41)42-4)19-38-35-39(31)33(40)30(47-35)16-23-14-26(36)32(29(15-23)45-7-3)46-20-22-10-8-21(18-37)9-11-22/h8-17,19,31H,5-7,20H2,1-4H3/b30-16+/t31-/m0/s1. The van der Waals surface area contributed by atoms with E-state index in [1.54, 1.807) is 48.5 Å². The lowest BCUT2D eigenvalue weighted by atomic mass is 9.97. The van der Waals surface area contributed by atoms with Crippen LogP contribution < -0.4 is 33.8 Å². The maximum Gasteiger partial charge on any atom is 0.337 e. The van der Waals surface area contributed by atoms with Crippen LogP contribution in [0.4, 0.5) is 0 Å². The second-order valence-electron chi connectivity index (χ2n) is 10.1.